The summed E-state index contributed by atoms with van der Waals surface area (Å²) in [6, 6.07) is 34.0. The number of amides is 3. The van der Waals surface area contributed by atoms with E-state index < -0.39 is 0 Å². The molecule has 0 fully saturated rings. The molecule has 5 heteroatoms. The number of anilines is 1. The number of fused-ring (bicyclic) bond motifs is 1. The van der Waals surface area contributed by atoms with E-state index >= 15 is 0 Å². The molecule has 0 atom stereocenters. The van der Waals surface area contributed by atoms with E-state index in [2.05, 4.69) is 17.4 Å². The summed E-state index contributed by atoms with van der Waals surface area (Å²) >= 11 is 0. The van der Waals surface area contributed by atoms with Gasteiger partial charge in [0.15, 0.2) is 0 Å². The number of hydrogen-bond acceptors (Lipinski definition) is 2. The van der Waals surface area contributed by atoms with Gasteiger partial charge in [-0.25, -0.2) is 4.79 Å². The normalized spacial score (nSPS) is 10.7. The number of urea groups is 1. The molecule has 3 amide bonds. The van der Waals surface area contributed by atoms with Crippen molar-refractivity contribution in [2.45, 2.75) is 32.7 Å². The van der Waals surface area contributed by atoms with Gasteiger partial charge in [0, 0.05) is 38.0 Å². The molecule has 0 spiro atoms. The molecule has 0 aliphatic heterocycles. The summed E-state index contributed by atoms with van der Waals surface area (Å²) in [5, 5.41) is 5.15. The first kappa shape index (κ1) is 26.0. The molecular weight excluding hydrogens is 458 g/mol. The third-order valence-electron chi connectivity index (χ3n) is 6.49. The minimum Gasteiger partial charge on any atom is -0.338 e. The predicted octanol–water partition coefficient (Wildman–Crippen LogP) is 6.75. The van der Waals surface area contributed by atoms with Crippen LogP contribution in [0.3, 0.4) is 0 Å². The lowest BCUT2D eigenvalue weighted by Gasteiger charge is -2.26. The van der Waals surface area contributed by atoms with Gasteiger partial charge in [-0.3, -0.25) is 4.79 Å². The molecular formula is C32H35N3O2. The first-order valence-corrected chi connectivity index (χ1v) is 13.0. The maximum absolute atomic E-state index is 13.4. The van der Waals surface area contributed by atoms with E-state index in [4.69, 9.17) is 0 Å². The number of carbonyl (C=O) groups is 2. The average molecular weight is 494 g/mol. The standard InChI is InChI=1S/C32H35N3O2/c1-2-22-34(32(37)33-30-19-11-17-28-16-9-10-18-29(28)30)24-21-31(36)35(25-27-14-7-4-8-15-27)23-20-26-12-5-3-6-13-26/h3-19H,2,20-25H2,1H3,(H,33,37). The molecule has 37 heavy (non-hydrogen) atoms. The van der Waals surface area contributed by atoms with Gasteiger partial charge in [0.05, 0.1) is 5.69 Å². The van der Waals surface area contributed by atoms with Crippen LogP contribution in [-0.4, -0.2) is 41.4 Å². The van der Waals surface area contributed by atoms with Gasteiger partial charge >= 0.3 is 6.03 Å². The Morgan fingerprint density at radius 3 is 2.05 bits per heavy atom. The molecule has 0 aromatic heterocycles. The largest absolute Gasteiger partial charge is 0.338 e. The summed E-state index contributed by atoms with van der Waals surface area (Å²) in [6.07, 6.45) is 1.89. The van der Waals surface area contributed by atoms with Gasteiger partial charge in [-0.1, -0.05) is 104 Å². The third-order valence-corrected chi connectivity index (χ3v) is 6.49. The van der Waals surface area contributed by atoms with Crippen molar-refractivity contribution in [3.8, 4) is 0 Å². The fourth-order valence-electron chi connectivity index (χ4n) is 4.51. The molecule has 0 saturated carbocycles. The topological polar surface area (TPSA) is 52.7 Å². The second-order valence-electron chi connectivity index (χ2n) is 9.23. The van der Waals surface area contributed by atoms with E-state index in [-0.39, 0.29) is 18.4 Å². The van der Waals surface area contributed by atoms with Crippen molar-refractivity contribution in [1.29, 1.82) is 0 Å². The highest BCUT2D eigenvalue weighted by molar-refractivity contribution is 6.01. The van der Waals surface area contributed by atoms with Gasteiger partial charge in [-0.15, -0.1) is 0 Å². The molecule has 0 saturated heterocycles. The summed E-state index contributed by atoms with van der Waals surface area (Å²) in [5.74, 6) is 0.0545. The summed E-state index contributed by atoms with van der Waals surface area (Å²) < 4.78 is 0. The molecule has 0 heterocycles. The number of nitrogens with zero attached hydrogens (tertiary/aromatic N) is 2. The second-order valence-corrected chi connectivity index (χ2v) is 9.23. The van der Waals surface area contributed by atoms with Crippen molar-refractivity contribution in [3.05, 3.63) is 114 Å². The van der Waals surface area contributed by atoms with Crippen molar-refractivity contribution in [2.75, 3.05) is 25.0 Å². The van der Waals surface area contributed by atoms with Crippen LogP contribution < -0.4 is 5.32 Å². The molecule has 0 aliphatic rings. The molecule has 5 nitrogen and oxygen atoms in total. The fraction of sp³-hybridized carbons (Fsp3) is 0.250. The number of benzene rings is 4. The smallest absolute Gasteiger partial charge is 0.321 e. The molecule has 4 aromatic carbocycles. The number of hydrogen-bond donors (Lipinski definition) is 1. The van der Waals surface area contributed by atoms with Crippen molar-refractivity contribution < 1.29 is 9.59 Å². The van der Waals surface area contributed by atoms with Crippen molar-refractivity contribution in [2.24, 2.45) is 0 Å². The van der Waals surface area contributed by atoms with E-state index in [1.54, 1.807) is 4.90 Å². The Balaban J connectivity index is 1.42. The quantitative estimate of drug-likeness (QED) is 0.251. The van der Waals surface area contributed by atoms with Crippen LogP contribution in [0.15, 0.2) is 103 Å². The van der Waals surface area contributed by atoms with Gasteiger partial charge in [0.2, 0.25) is 5.91 Å². The van der Waals surface area contributed by atoms with E-state index in [0.717, 1.165) is 34.9 Å². The lowest BCUT2D eigenvalue weighted by molar-refractivity contribution is -0.132. The third kappa shape index (κ3) is 7.43. The zero-order valence-corrected chi connectivity index (χ0v) is 21.5. The van der Waals surface area contributed by atoms with Crippen LogP contribution in [-0.2, 0) is 17.8 Å². The lowest BCUT2D eigenvalue weighted by atomic mass is 10.1. The Morgan fingerprint density at radius 1 is 0.676 bits per heavy atom. The van der Waals surface area contributed by atoms with Crippen molar-refractivity contribution in [3.63, 3.8) is 0 Å². The van der Waals surface area contributed by atoms with Gasteiger partial charge < -0.3 is 15.1 Å². The van der Waals surface area contributed by atoms with E-state index in [0.29, 0.717) is 26.2 Å². The summed E-state index contributed by atoms with van der Waals surface area (Å²) in [4.78, 5) is 30.3. The summed E-state index contributed by atoms with van der Waals surface area (Å²) in [5.41, 5.74) is 3.09. The Labute approximate surface area is 219 Å². The Morgan fingerprint density at radius 2 is 1.32 bits per heavy atom. The van der Waals surface area contributed by atoms with Crippen LogP contribution in [0.2, 0.25) is 0 Å². The highest BCUT2D eigenvalue weighted by Gasteiger charge is 2.19. The van der Waals surface area contributed by atoms with Crippen LogP contribution in [0.1, 0.15) is 30.9 Å². The molecule has 0 aliphatic carbocycles. The summed E-state index contributed by atoms with van der Waals surface area (Å²) in [7, 11) is 0. The highest BCUT2D eigenvalue weighted by Crippen LogP contribution is 2.23. The Kier molecular flexibility index (Phi) is 9.30. The van der Waals surface area contributed by atoms with E-state index in [1.807, 2.05) is 103 Å². The van der Waals surface area contributed by atoms with Crippen LogP contribution in [0.25, 0.3) is 10.8 Å². The molecule has 0 radical (unpaired) electrons. The minimum absolute atomic E-state index is 0.0545. The molecule has 0 unspecified atom stereocenters. The maximum Gasteiger partial charge on any atom is 0.321 e. The van der Waals surface area contributed by atoms with Gasteiger partial charge in [-0.2, -0.15) is 0 Å². The van der Waals surface area contributed by atoms with E-state index in [9.17, 15) is 9.59 Å². The fourth-order valence-corrected chi connectivity index (χ4v) is 4.51. The Hall–Kier alpha value is -4.12. The van der Waals surface area contributed by atoms with Crippen LogP contribution in [0.4, 0.5) is 10.5 Å². The Bertz CT molecular complexity index is 1290. The number of rotatable bonds is 11. The SMILES string of the molecule is CCCN(CCC(=O)N(CCc1ccccc1)Cc1ccccc1)C(=O)Nc1cccc2ccccc12. The van der Waals surface area contributed by atoms with Gasteiger partial charge in [0.1, 0.15) is 0 Å². The monoisotopic (exact) mass is 493 g/mol. The summed E-state index contributed by atoms with van der Waals surface area (Å²) in [6.45, 7) is 4.20. The van der Waals surface area contributed by atoms with Crippen molar-refractivity contribution in [1.82, 2.24) is 9.80 Å². The van der Waals surface area contributed by atoms with Crippen molar-refractivity contribution >= 4 is 28.4 Å². The van der Waals surface area contributed by atoms with Gasteiger partial charge in [0.25, 0.3) is 0 Å². The van der Waals surface area contributed by atoms with Gasteiger partial charge in [-0.05, 0) is 35.4 Å². The molecule has 4 rings (SSSR count). The molecule has 1 N–H and O–H groups in total. The highest BCUT2D eigenvalue weighted by atomic mass is 16.2. The predicted molar refractivity (Wildman–Crippen MR) is 151 cm³/mol. The second kappa shape index (κ2) is 13.3. The molecule has 4 aromatic rings. The molecule has 190 valence electrons. The first-order chi connectivity index (χ1) is 18.1. The molecule has 0 bridgehead atoms. The zero-order chi connectivity index (χ0) is 25.9. The van der Waals surface area contributed by atoms with Crippen LogP contribution >= 0.6 is 0 Å². The number of nitrogens with one attached hydrogen (secondary N) is 1. The average Bonchev–Trinajstić information content (AvgIpc) is 2.94. The lowest BCUT2D eigenvalue weighted by Crippen LogP contribution is -2.40. The van der Waals surface area contributed by atoms with Crippen LogP contribution in [0.5, 0.6) is 0 Å². The maximum atomic E-state index is 13.4. The number of carbonyl (C=O) groups excluding carboxylic acids is 2. The zero-order valence-electron chi connectivity index (χ0n) is 21.5. The first-order valence-electron chi connectivity index (χ1n) is 13.0. The van der Waals surface area contributed by atoms with E-state index in [1.165, 1.54) is 5.56 Å². The van der Waals surface area contributed by atoms with Crippen LogP contribution in [0, 0.1) is 0 Å². The minimum atomic E-state index is -0.176.